The molecule has 0 bridgehead atoms. The van der Waals surface area contributed by atoms with E-state index < -0.39 is 15.9 Å². The van der Waals surface area contributed by atoms with Gasteiger partial charge in [0.25, 0.3) is 10.0 Å². The summed E-state index contributed by atoms with van der Waals surface area (Å²) >= 11 is 2.58. The lowest BCUT2D eigenvalue weighted by molar-refractivity contribution is -0.120. The second-order valence-electron chi connectivity index (χ2n) is 7.49. The van der Waals surface area contributed by atoms with Crippen LogP contribution < -0.4 is 5.32 Å². The number of rotatable bonds is 6. The third-order valence-electron chi connectivity index (χ3n) is 5.12. The highest BCUT2D eigenvalue weighted by molar-refractivity contribution is 7.91. The number of anilines is 1. The second-order valence-corrected chi connectivity index (χ2v) is 12.1. The highest BCUT2D eigenvalue weighted by Gasteiger charge is 2.34. The van der Waals surface area contributed by atoms with Crippen LogP contribution in [-0.2, 0) is 21.2 Å². The van der Waals surface area contributed by atoms with Crippen molar-refractivity contribution in [1.82, 2.24) is 9.29 Å². The molecule has 0 saturated carbocycles. The normalized spacial score (nSPS) is 17.5. The molecule has 31 heavy (non-hydrogen) atoms. The van der Waals surface area contributed by atoms with E-state index in [0.29, 0.717) is 35.1 Å². The molecule has 1 unspecified atom stereocenters. The molecule has 6 nitrogen and oxygen atoms in total. The van der Waals surface area contributed by atoms with Gasteiger partial charge in [-0.05, 0) is 49.6 Å². The SMILES string of the molecule is Cc1ccc(S(=O)(=O)N2CCCC(C(=O)Nc3ncc(Cc4cccc(F)c4)s3)C2)s1. The van der Waals surface area contributed by atoms with Gasteiger partial charge in [-0.25, -0.2) is 17.8 Å². The predicted molar refractivity (Wildman–Crippen MR) is 120 cm³/mol. The number of piperidine rings is 1. The van der Waals surface area contributed by atoms with E-state index in [2.05, 4.69) is 10.3 Å². The number of carbonyl (C=O) groups excluding carboxylic acids is 1. The maximum atomic E-state index is 13.4. The number of aromatic nitrogens is 1. The average Bonchev–Trinajstić information content (AvgIpc) is 3.37. The summed E-state index contributed by atoms with van der Waals surface area (Å²) < 4.78 is 40.9. The van der Waals surface area contributed by atoms with Crippen LogP contribution in [0.25, 0.3) is 0 Å². The quantitative estimate of drug-likeness (QED) is 0.572. The predicted octanol–water partition coefficient (Wildman–Crippen LogP) is 4.28. The number of nitrogens with zero attached hydrogens (tertiary/aromatic N) is 2. The summed E-state index contributed by atoms with van der Waals surface area (Å²) in [6.07, 6.45) is 3.45. The van der Waals surface area contributed by atoms with Crippen molar-refractivity contribution in [3.63, 3.8) is 0 Å². The molecule has 2 aromatic heterocycles. The van der Waals surface area contributed by atoms with Crippen molar-refractivity contribution < 1.29 is 17.6 Å². The van der Waals surface area contributed by atoms with Gasteiger partial charge >= 0.3 is 0 Å². The topological polar surface area (TPSA) is 79.4 Å². The van der Waals surface area contributed by atoms with Crippen molar-refractivity contribution in [1.29, 1.82) is 0 Å². The number of hydrogen-bond donors (Lipinski definition) is 1. The molecule has 0 spiro atoms. The lowest BCUT2D eigenvalue weighted by Gasteiger charge is -2.30. The summed E-state index contributed by atoms with van der Waals surface area (Å²) in [5.41, 5.74) is 0.832. The minimum absolute atomic E-state index is 0.159. The number of halogens is 1. The summed E-state index contributed by atoms with van der Waals surface area (Å²) in [7, 11) is -3.59. The molecule has 0 aliphatic carbocycles. The molecule has 1 aliphatic rings. The fraction of sp³-hybridized carbons (Fsp3) is 0.333. The van der Waals surface area contributed by atoms with Crippen molar-refractivity contribution >= 4 is 43.7 Å². The number of aryl methyl sites for hydroxylation is 1. The average molecular weight is 480 g/mol. The van der Waals surface area contributed by atoms with Gasteiger partial charge in [-0.3, -0.25) is 4.79 Å². The van der Waals surface area contributed by atoms with Crippen LogP contribution in [0.3, 0.4) is 0 Å². The van der Waals surface area contributed by atoms with Gasteiger partial charge in [-0.15, -0.1) is 22.7 Å². The number of sulfonamides is 1. The molecule has 1 amide bonds. The minimum atomic E-state index is -3.59. The van der Waals surface area contributed by atoms with Crippen LogP contribution in [0.5, 0.6) is 0 Å². The Hall–Kier alpha value is -2.14. The van der Waals surface area contributed by atoms with Gasteiger partial charge in [-0.2, -0.15) is 4.31 Å². The van der Waals surface area contributed by atoms with Gasteiger partial charge in [0.05, 0.1) is 5.92 Å². The van der Waals surface area contributed by atoms with E-state index in [0.717, 1.165) is 15.3 Å². The Kier molecular flexibility index (Phi) is 6.52. The Morgan fingerprint density at radius 1 is 1.29 bits per heavy atom. The Balaban J connectivity index is 1.39. The summed E-state index contributed by atoms with van der Waals surface area (Å²) in [5.74, 6) is -0.945. The smallest absolute Gasteiger partial charge is 0.252 e. The molecule has 0 radical (unpaired) electrons. The van der Waals surface area contributed by atoms with Crippen LogP contribution in [0.15, 0.2) is 46.8 Å². The number of hydrogen-bond acceptors (Lipinski definition) is 6. The fourth-order valence-corrected chi connectivity index (χ4v) is 7.37. The van der Waals surface area contributed by atoms with Crippen molar-refractivity contribution in [3.05, 3.63) is 63.7 Å². The standard InChI is InChI=1S/C21H22FN3O3S3/c1-14-7-8-19(29-14)31(27,28)25-9-3-5-16(13-25)20(26)24-21-23-12-18(30-21)11-15-4-2-6-17(22)10-15/h2,4,6-8,10,12,16H,3,5,9,11,13H2,1H3,(H,23,24,26). The summed E-state index contributed by atoms with van der Waals surface area (Å²) in [6, 6.07) is 9.78. The number of thiazole rings is 1. The van der Waals surface area contributed by atoms with Crippen LogP contribution in [0.1, 0.15) is 28.2 Å². The molecular weight excluding hydrogens is 457 g/mol. The van der Waals surface area contributed by atoms with Crippen LogP contribution in [-0.4, -0.2) is 36.7 Å². The van der Waals surface area contributed by atoms with Crippen molar-refractivity contribution in [2.24, 2.45) is 5.92 Å². The number of carbonyl (C=O) groups is 1. The van der Waals surface area contributed by atoms with E-state index in [4.69, 9.17) is 0 Å². The molecule has 164 valence electrons. The van der Waals surface area contributed by atoms with E-state index >= 15 is 0 Å². The molecule has 3 heterocycles. The molecule has 3 aromatic rings. The summed E-state index contributed by atoms with van der Waals surface area (Å²) in [6.45, 7) is 2.44. The maximum absolute atomic E-state index is 13.4. The van der Waals surface area contributed by atoms with Gasteiger partial charge in [0.2, 0.25) is 5.91 Å². The van der Waals surface area contributed by atoms with Gasteiger partial charge in [0.1, 0.15) is 10.0 Å². The Morgan fingerprint density at radius 2 is 2.13 bits per heavy atom. The van der Waals surface area contributed by atoms with Crippen molar-refractivity contribution in [3.8, 4) is 0 Å². The first-order valence-corrected chi connectivity index (χ1v) is 12.9. The fourth-order valence-electron chi connectivity index (χ4n) is 3.56. The number of benzene rings is 1. The molecule has 10 heteroatoms. The monoisotopic (exact) mass is 479 g/mol. The van der Waals surface area contributed by atoms with Gasteiger partial charge in [0.15, 0.2) is 5.13 Å². The van der Waals surface area contributed by atoms with Crippen molar-refractivity contribution in [2.75, 3.05) is 18.4 Å². The first-order chi connectivity index (χ1) is 14.8. The molecular formula is C21H22FN3O3S3. The molecule has 1 saturated heterocycles. The molecule has 4 rings (SSSR count). The lowest BCUT2D eigenvalue weighted by atomic mass is 9.99. The Bertz CT molecular complexity index is 1190. The van der Waals surface area contributed by atoms with Crippen LogP contribution in [0.2, 0.25) is 0 Å². The van der Waals surface area contributed by atoms with Crippen LogP contribution in [0.4, 0.5) is 9.52 Å². The van der Waals surface area contributed by atoms with Crippen LogP contribution >= 0.6 is 22.7 Å². The third-order valence-corrected chi connectivity index (χ3v) is 9.36. The van der Waals surface area contributed by atoms with Crippen LogP contribution in [0, 0.1) is 18.7 Å². The Labute approximate surface area is 188 Å². The molecule has 1 aliphatic heterocycles. The molecule has 1 fully saturated rings. The molecule has 1 aromatic carbocycles. The number of nitrogens with one attached hydrogen (secondary N) is 1. The zero-order valence-electron chi connectivity index (χ0n) is 16.9. The van der Waals surface area contributed by atoms with Gasteiger partial charge in [0, 0.05) is 35.5 Å². The van der Waals surface area contributed by atoms with E-state index in [1.165, 1.54) is 39.1 Å². The van der Waals surface area contributed by atoms with E-state index in [1.54, 1.807) is 24.4 Å². The summed E-state index contributed by atoms with van der Waals surface area (Å²) in [4.78, 5) is 18.9. The van der Waals surface area contributed by atoms with Gasteiger partial charge in [-0.1, -0.05) is 12.1 Å². The van der Waals surface area contributed by atoms with Crippen molar-refractivity contribution in [2.45, 2.75) is 30.4 Å². The highest BCUT2D eigenvalue weighted by Crippen LogP contribution is 2.29. The summed E-state index contributed by atoms with van der Waals surface area (Å²) in [5, 5.41) is 3.28. The molecule has 1 N–H and O–H groups in total. The highest BCUT2D eigenvalue weighted by atomic mass is 32.2. The van der Waals surface area contributed by atoms with E-state index in [1.807, 2.05) is 13.0 Å². The van der Waals surface area contributed by atoms with E-state index in [-0.39, 0.29) is 18.3 Å². The first-order valence-electron chi connectivity index (χ1n) is 9.88. The molecule has 1 atom stereocenters. The zero-order valence-corrected chi connectivity index (χ0v) is 19.3. The second kappa shape index (κ2) is 9.15. The number of thiophene rings is 1. The van der Waals surface area contributed by atoms with E-state index in [9.17, 15) is 17.6 Å². The Morgan fingerprint density at radius 3 is 2.87 bits per heavy atom. The maximum Gasteiger partial charge on any atom is 0.252 e. The first kappa shape index (κ1) is 22.1. The minimum Gasteiger partial charge on any atom is -0.302 e. The third kappa shape index (κ3) is 5.20. The number of amides is 1. The van der Waals surface area contributed by atoms with Gasteiger partial charge < -0.3 is 5.32 Å². The largest absolute Gasteiger partial charge is 0.302 e. The zero-order chi connectivity index (χ0) is 22.0. The lowest BCUT2D eigenvalue weighted by Crippen LogP contribution is -2.43.